The van der Waals surface area contributed by atoms with Crippen molar-refractivity contribution < 1.29 is 32.9 Å². The van der Waals surface area contributed by atoms with Gasteiger partial charge in [-0.3, -0.25) is 9.36 Å². The topological polar surface area (TPSA) is 112 Å². The fraction of sp³-hybridized carbons (Fsp3) is 0.421. The standard InChI is InChI=1S/C19H19F2N3O6/c20-19(21)9-12(10-25)30-17(19)24-5-4-15(23-18(24)27)22-16(26)11-2-3-13-14(8-11)29-7-1-6-28-13/h2-5,8,12,17,25H,1,6-7,9-10H2,(H,22,23,26,27). The number of aliphatic hydroxyl groups excluding tert-OH is 1. The van der Waals surface area contributed by atoms with Crippen molar-refractivity contribution in [1.82, 2.24) is 9.55 Å². The number of anilines is 1. The number of hydrogen-bond donors (Lipinski definition) is 2. The van der Waals surface area contributed by atoms with Crippen molar-refractivity contribution in [2.24, 2.45) is 0 Å². The lowest BCUT2D eigenvalue weighted by Gasteiger charge is -2.19. The average Bonchev–Trinajstić information content (AvgIpc) is 2.88. The second-order valence-electron chi connectivity index (χ2n) is 6.93. The average molecular weight is 423 g/mol. The summed E-state index contributed by atoms with van der Waals surface area (Å²) in [6.07, 6.45) is -1.86. The summed E-state index contributed by atoms with van der Waals surface area (Å²) < 4.78 is 44.9. The molecule has 1 aromatic heterocycles. The van der Waals surface area contributed by atoms with Gasteiger partial charge in [0.05, 0.1) is 25.9 Å². The first-order valence-electron chi connectivity index (χ1n) is 9.32. The third-order valence-corrected chi connectivity index (χ3v) is 4.72. The minimum atomic E-state index is -3.34. The van der Waals surface area contributed by atoms with Crippen molar-refractivity contribution in [3.05, 3.63) is 46.5 Å². The monoisotopic (exact) mass is 423 g/mol. The number of rotatable bonds is 4. The van der Waals surface area contributed by atoms with Gasteiger partial charge in [0.2, 0.25) is 6.23 Å². The molecule has 2 aliphatic heterocycles. The van der Waals surface area contributed by atoms with Crippen molar-refractivity contribution in [3.63, 3.8) is 0 Å². The van der Waals surface area contributed by atoms with E-state index < -0.39 is 42.9 Å². The van der Waals surface area contributed by atoms with Gasteiger partial charge in [-0.05, 0) is 24.3 Å². The first kappa shape index (κ1) is 20.2. The van der Waals surface area contributed by atoms with Crippen molar-refractivity contribution in [3.8, 4) is 11.5 Å². The predicted octanol–water partition coefficient (Wildman–Crippen LogP) is 1.57. The summed E-state index contributed by atoms with van der Waals surface area (Å²) in [6.45, 7) is 0.391. The van der Waals surface area contributed by atoms with Crippen molar-refractivity contribution in [1.29, 1.82) is 0 Å². The zero-order chi connectivity index (χ0) is 21.3. The van der Waals surface area contributed by atoms with Gasteiger partial charge in [0.15, 0.2) is 11.5 Å². The van der Waals surface area contributed by atoms with Gasteiger partial charge in [0.25, 0.3) is 11.8 Å². The molecule has 160 valence electrons. The third kappa shape index (κ3) is 3.98. The molecule has 0 bridgehead atoms. The van der Waals surface area contributed by atoms with Gasteiger partial charge < -0.3 is 24.6 Å². The smallest absolute Gasteiger partial charge is 0.351 e. The summed E-state index contributed by atoms with van der Waals surface area (Å²) in [7, 11) is 0. The summed E-state index contributed by atoms with van der Waals surface area (Å²) in [5.41, 5.74) is -0.767. The Kier molecular flexibility index (Phi) is 5.39. The van der Waals surface area contributed by atoms with Gasteiger partial charge in [0.1, 0.15) is 5.82 Å². The molecule has 4 rings (SSSR count). The van der Waals surface area contributed by atoms with Crippen molar-refractivity contribution in [2.75, 3.05) is 25.1 Å². The van der Waals surface area contributed by atoms with Crippen LogP contribution in [0.25, 0.3) is 0 Å². The number of benzene rings is 1. The number of nitrogens with one attached hydrogen (secondary N) is 1. The zero-order valence-corrected chi connectivity index (χ0v) is 15.7. The number of hydrogen-bond acceptors (Lipinski definition) is 7. The van der Waals surface area contributed by atoms with E-state index >= 15 is 0 Å². The molecule has 1 saturated heterocycles. The first-order valence-corrected chi connectivity index (χ1v) is 9.32. The van der Waals surface area contributed by atoms with Crippen LogP contribution >= 0.6 is 0 Å². The van der Waals surface area contributed by atoms with Gasteiger partial charge in [-0.1, -0.05) is 0 Å². The molecular formula is C19H19F2N3O6. The number of carbonyl (C=O) groups is 1. The highest BCUT2D eigenvalue weighted by Gasteiger charge is 2.51. The number of carbonyl (C=O) groups excluding carboxylic acids is 1. The maximum Gasteiger partial charge on any atom is 0.351 e. The molecule has 0 saturated carbocycles. The van der Waals surface area contributed by atoms with Gasteiger partial charge >= 0.3 is 5.69 Å². The van der Waals surface area contributed by atoms with E-state index in [1.807, 2.05) is 0 Å². The normalized spacial score (nSPS) is 22.4. The Balaban J connectivity index is 1.51. The quantitative estimate of drug-likeness (QED) is 0.768. The molecule has 1 fully saturated rings. The number of ether oxygens (including phenoxy) is 3. The summed E-state index contributed by atoms with van der Waals surface area (Å²) in [6, 6.07) is 5.87. The molecule has 0 spiro atoms. The molecule has 1 aromatic carbocycles. The number of halogens is 2. The Morgan fingerprint density at radius 2 is 2.03 bits per heavy atom. The molecule has 2 aliphatic rings. The van der Waals surface area contributed by atoms with E-state index in [0.29, 0.717) is 29.3 Å². The lowest BCUT2D eigenvalue weighted by atomic mass is 10.2. The van der Waals surface area contributed by atoms with E-state index in [2.05, 4.69) is 10.3 Å². The maximum absolute atomic E-state index is 14.1. The summed E-state index contributed by atoms with van der Waals surface area (Å²) in [5, 5.41) is 11.5. The number of alkyl halides is 2. The number of aromatic nitrogens is 2. The van der Waals surface area contributed by atoms with Gasteiger partial charge in [0, 0.05) is 24.6 Å². The molecule has 9 nitrogen and oxygen atoms in total. The van der Waals surface area contributed by atoms with Crippen LogP contribution in [0.1, 0.15) is 29.4 Å². The number of nitrogens with zero attached hydrogens (tertiary/aromatic N) is 2. The lowest BCUT2D eigenvalue weighted by Crippen LogP contribution is -2.35. The summed E-state index contributed by atoms with van der Waals surface area (Å²) in [4.78, 5) is 28.4. The van der Waals surface area contributed by atoms with E-state index in [4.69, 9.17) is 19.3 Å². The van der Waals surface area contributed by atoms with E-state index in [1.54, 1.807) is 6.07 Å². The number of aliphatic hydroxyl groups is 1. The van der Waals surface area contributed by atoms with Crippen LogP contribution < -0.4 is 20.5 Å². The van der Waals surface area contributed by atoms with Crippen LogP contribution in [-0.2, 0) is 4.74 Å². The molecule has 2 N–H and O–H groups in total. The molecule has 1 amide bonds. The third-order valence-electron chi connectivity index (χ3n) is 4.72. The van der Waals surface area contributed by atoms with Crippen LogP contribution in [0.2, 0.25) is 0 Å². The number of fused-ring (bicyclic) bond motifs is 1. The van der Waals surface area contributed by atoms with Crippen molar-refractivity contribution in [2.45, 2.75) is 31.1 Å². The predicted molar refractivity (Wildman–Crippen MR) is 99.1 cm³/mol. The Hall–Kier alpha value is -3.05. The van der Waals surface area contributed by atoms with Gasteiger partial charge in [-0.15, -0.1) is 0 Å². The molecule has 2 atom stereocenters. The fourth-order valence-corrected chi connectivity index (χ4v) is 3.26. The van der Waals surface area contributed by atoms with Crippen LogP contribution in [0.3, 0.4) is 0 Å². The maximum atomic E-state index is 14.1. The molecule has 3 heterocycles. The van der Waals surface area contributed by atoms with Gasteiger partial charge in [-0.25, -0.2) is 13.6 Å². The van der Waals surface area contributed by atoms with Crippen LogP contribution in [-0.4, -0.2) is 52.4 Å². The number of amides is 1. The van der Waals surface area contributed by atoms with E-state index in [-0.39, 0.29) is 11.4 Å². The summed E-state index contributed by atoms with van der Waals surface area (Å²) in [5.74, 6) is -3.04. The first-order chi connectivity index (χ1) is 14.4. The molecule has 0 aliphatic carbocycles. The molecule has 11 heteroatoms. The Morgan fingerprint density at radius 3 is 2.73 bits per heavy atom. The second kappa shape index (κ2) is 8.00. The van der Waals surface area contributed by atoms with E-state index in [0.717, 1.165) is 12.6 Å². The molecule has 0 radical (unpaired) electrons. The summed E-state index contributed by atoms with van der Waals surface area (Å²) >= 11 is 0. The molecule has 30 heavy (non-hydrogen) atoms. The molecule has 2 unspecified atom stereocenters. The fourth-order valence-electron chi connectivity index (χ4n) is 3.26. The Bertz CT molecular complexity index is 1010. The second-order valence-corrected chi connectivity index (χ2v) is 6.93. The van der Waals surface area contributed by atoms with Crippen molar-refractivity contribution >= 4 is 11.7 Å². The highest BCUT2D eigenvalue weighted by molar-refractivity contribution is 6.04. The van der Waals surface area contributed by atoms with Crippen LogP contribution in [0.4, 0.5) is 14.6 Å². The Morgan fingerprint density at radius 1 is 1.27 bits per heavy atom. The van der Waals surface area contributed by atoms with Crippen LogP contribution in [0, 0.1) is 0 Å². The van der Waals surface area contributed by atoms with Crippen LogP contribution in [0.5, 0.6) is 11.5 Å². The SMILES string of the molecule is O=C(Nc1ccn(C2OC(CO)CC2(F)F)c(=O)n1)c1ccc2c(c1)OCCCO2. The highest BCUT2D eigenvalue weighted by Crippen LogP contribution is 2.41. The molecular weight excluding hydrogens is 404 g/mol. The molecule has 2 aromatic rings. The van der Waals surface area contributed by atoms with Crippen LogP contribution in [0.15, 0.2) is 35.3 Å². The van der Waals surface area contributed by atoms with E-state index in [9.17, 15) is 18.4 Å². The highest BCUT2D eigenvalue weighted by atomic mass is 19.3. The zero-order valence-electron chi connectivity index (χ0n) is 15.7. The lowest BCUT2D eigenvalue weighted by molar-refractivity contribution is -0.120. The minimum absolute atomic E-state index is 0.103. The Labute approximate surface area is 169 Å². The van der Waals surface area contributed by atoms with Gasteiger partial charge in [-0.2, -0.15) is 4.98 Å². The van der Waals surface area contributed by atoms with E-state index in [1.165, 1.54) is 18.2 Å². The minimum Gasteiger partial charge on any atom is -0.490 e. The largest absolute Gasteiger partial charge is 0.490 e.